The highest BCUT2D eigenvalue weighted by molar-refractivity contribution is 6.15. The minimum absolute atomic E-state index is 0.171. The van der Waals surface area contributed by atoms with Crippen LogP contribution in [0.3, 0.4) is 0 Å². The van der Waals surface area contributed by atoms with E-state index in [1.165, 1.54) is 18.2 Å². The Balaban J connectivity index is 1.89. The lowest BCUT2D eigenvalue weighted by Crippen LogP contribution is -2.28. The van der Waals surface area contributed by atoms with Crippen molar-refractivity contribution in [2.45, 2.75) is 6.42 Å². The number of phenols is 2. The number of amides is 2. The number of carbonyl (C=O) groups excluding carboxylic acids is 2. The minimum atomic E-state index is -0.437. The van der Waals surface area contributed by atoms with Gasteiger partial charge in [0, 0.05) is 12.6 Å². The van der Waals surface area contributed by atoms with Gasteiger partial charge < -0.3 is 15.5 Å². The summed E-state index contributed by atoms with van der Waals surface area (Å²) in [5, 5.41) is 23.4. The van der Waals surface area contributed by atoms with Crippen molar-refractivity contribution in [3.05, 3.63) is 35.5 Å². The van der Waals surface area contributed by atoms with E-state index in [4.69, 9.17) is 5.11 Å². The predicted molar refractivity (Wildman–Crippen MR) is 62.7 cm³/mol. The Bertz CT molecular complexity index is 537. The molecule has 6 heteroatoms. The molecule has 0 radical (unpaired) electrons. The molecule has 6 nitrogen and oxygen atoms in total. The van der Waals surface area contributed by atoms with Gasteiger partial charge in [0.15, 0.2) is 11.5 Å². The number of benzene rings is 1. The third kappa shape index (κ3) is 2.60. The van der Waals surface area contributed by atoms with Gasteiger partial charge in [-0.3, -0.25) is 14.9 Å². The number of rotatable bonds is 4. The molecule has 94 valence electrons. The van der Waals surface area contributed by atoms with E-state index >= 15 is 0 Å². The molecule has 0 spiro atoms. The minimum Gasteiger partial charge on any atom is -0.504 e. The van der Waals surface area contributed by atoms with Crippen LogP contribution in [0.1, 0.15) is 5.56 Å². The van der Waals surface area contributed by atoms with Gasteiger partial charge in [0.1, 0.15) is 5.70 Å². The highest BCUT2D eigenvalue weighted by Crippen LogP contribution is 2.24. The fourth-order valence-electron chi connectivity index (χ4n) is 1.61. The van der Waals surface area contributed by atoms with Crippen LogP contribution < -0.4 is 10.6 Å². The van der Waals surface area contributed by atoms with Crippen LogP contribution in [0.2, 0.25) is 0 Å². The molecule has 0 bridgehead atoms. The van der Waals surface area contributed by atoms with Crippen molar-refractivity contribution >= 4 is 11.8 Å². The van der Waals surface area contributed by atoms with Crippen molar-refractivity contribution in [3.63, 3.8) is 0 Å². The van der Waals surface area contributed by atoms with Crippen LogP contribution in [0.25, 0.3) is 0 Å². The molecule has 0 fully saturated rings. The predicted octanol–water partition coefficient (Wildman–Crippen LogP) is -0.230. The van der Waals surface area contributed by atoms with Crippen LogP contribution in [0.5, 0.6) is 11.5 Å². The van der Waals surface area contributed by atoms with Crippen molar-refractivity contribution in [1.29, 1.82) is 0 Å². The molecule has 0 saturated heterocycles. The third-order valence-electron chi connectivity index (χ3n) is 2.53. The normalized spacial score (nSPS) is 14.3. The maximum Gasteiger partial charge on any atom is 0.274 e. The Morgan fingerprint density at radius 1 is 1.17 bits per heavy atom. The Kier molecular flexibility index (Phi) is 3.18. The number of hydrogen-bond acceptors (Lipinski definition) is 5. The van der Waals surface area contributed by atoms with Gasteiger partial charge in [-0.15, -0.1) is 0 Å². The standard InChI is InChI=1S/C12H12N2O4/c15-9-2-1-7(5-10(9)16)3-4-13-8-6-11(17)14-12(8)18/h1-2,5-6,15-16H,3-4H2,(H2,13,14,17,18). The molecule has 1 aliphatic rings. The molecular weight excluding hydrogens is 236 g/mol. The lowest BCUT2D eigenvalue weighted by molar-refractivity contribution is -0.124. The molecule has 1 aromatic rings. The van der Waals surface area contributed by atoms with Crippen molar-refractivity contribution in [1.82, 2.24) is 10.6 Å². The van der Waals surface area contributed by atoms with Crippen molar-refractivity contribution in [2.75, 3.05) is 6.54 Å². The van der Waals surface area contributed by atoms with E-state index in [0.717, 1.165) is 5.56 Å². The van der Waals surface area contributed by atoms with Crippen LogP contribution >= 0.6 is 0 Å². The lowest BCUT2D eigenvalue weighted by Gasteiger charge is -2.06. The van der Waals surface area contributed by atoms with E-state index in [9.17, 15) is 14.7 Å². The molecule has 0 aromatic heterocycles. The Morgan fingerprint density at radius 3 is 2.56 bits per heavy atom. The molecule has 18 heavy (non-hydrogen) atoms. The molecular formula is C12H12N2O4. The van der Waals surface area contributed by atoms with Gasteiger partial charge in [0.25, 0.3) is 11.8 Å². The van der Waals surface area contributed by atoms with E-state index in [-0.39, 0.29) is 17.2 Å². The fraction of sp³-hybridized carbons (Fsp3) is 0.167. The SMILES string of the molecule is O=C1C=C(NCCc2ccc(O)c(O)c2)C(=O)N1. The summed E-state index contributed by atoms with van der Waals surface area (Å²) in [6.45, 7) is 0.441. The first-order valence-corrected chi connectivity index (χ1v) is 5.38. The summed E-state index contributed by atoms with van der Waals surface area (Å²) < 4.78 is 0. The average Bonchev–Trinajstić information content (AvgIpc) is 2.63. The summed E-state index contributed by atoms with van der Waals surface area (Å²) in [7, 11) is 0. The van der Waals surface area contributed by atoms with Gasteiger partial charge in [-0.25, -0.2) is 0 Å². The zero-order valence-corrected chi connectivity index (χ0v) is 9.43. The molecule has 4 N–H and O–H groups in total. The molecule has 2 rings (SSSR count). The van der Waals surface area contributed by atoms with Crippen LogP contribution in [0.4, 0.5) is 0 Å². The van der Waals surface area contributed by atoms with Crippen LogP contribution in [0.15, 0.2) is 30.0 Å². The van der Waals surface area contributed by atoms with Gasteiger partial charge in [-0.1, -0.05) is 6.07 Å². The van der Waals surface area contributed by atoms with Gasteiger partial charge in [-0.05, 0) is 24.1 Å². The molecule has 2 amide bonds. The van der Waals surface area contributed by atoms with Crippen molar-refractivity contribution < 1.29 is 19.8 Å². The van der Waals surface area contributed by atoms with E-state index in [1.807, 2.05) is 0 Å². The van der Waals surface area contributed by atoms with E-state index in [0.29, 0.717) is 13.0 Å². The van der Waals surface area contributed by atoms with Gasteiger partial charge in [0.05, 0.1) is 0 Å². The topological polar surface area (TPSA) is 98.7 Å². The Morgan fingerprint density at radius 2 is 1.94 bits per heavy atom. The third-order valence-corrected chi connectivity index (χ3v) is 2.53. The number of carbonyl (C=O) groups is 2. The van der Waals surface area contributed by atoms with Crippen LogP contribution in [0, 0.1) is 0 Å². The fourth-order valence-corrected chi connectivity index (χ4v) is 1.61. The summed E-state index contributed by atoms with van der Waals surface area (Å²) in [6, 6.07) is 4.52. The highest BCUT2D eigenvalue weighted by atomic mass is 16.3. The summed E-state index contributed by atoms with van der Waals surface area (Å²) >= 11 is 0. The summed E-state index contributed by atoms with van der Waals surface area (Å²) in [5.74, 6) is -1.21. The summed E-state index contributed by atoms with van der Waals surface area (Å²) in [5.41, 5.74) is 1.05. The quantitative estimate of drug-likeness (QED) is 0.436. The van der Waals surface area contributed by atoms with E-state index in [1.54, 1.807) is 6.07 Å². The second kappa shape index (κ2) is 4.79. The molecule has 1 heterocycles. The maximum absolute atomic E-state index is 11.2. The molecule has 1 aromatic carbocycles. The first-order chi connectivity index (χ1) is 8.56. The highest BCUT2D eigenvalue weighted by Gasteiger charge is 2.19. The molecule has 0 unspecified atom stereocenters. The number of phenolic OH excluding ortho intramolecular Hbond substituents is 2. The molecule has 1 aliphatic heterocycles. The van der Waals surface area contributed by atoms with Crippen molar-refractivity contribution in [3.8, 4) is 11.5 Å². The lowest BCUT2D eigenvalue weighted by atomic mass is 10.1. The number of aromatic hydroxyl groups is 2. The second-order valence-corrected chi connectivity index (χ2v) is 3.88. The first-order valence-electron chi connectivity index (χ1n) is 5.38. The van der Waals surface area contributed by atoms with E-state index in [2.05, 4.69) is 10.6 Å². The van der Waals surface area contributed by atoms with Crippen molar-refractivity contribution in [2.24, 2.45) is 0 Å². The maximum atomic E-state index is 11.2. The smallest absolute Gasteiger partial charge is 0.274 e. The van der Waals surface area contributed by atoms with Crippen LogP contribution in [-0.2, 0) is 16.0 Å². The zero-order valence-electron chi connectivity index (χ0n) is 9.43. The monoisotopic (exact) mass is 248 g/mol. The van der Waals surface area contributed by atoms with Gasteiger partial charge in [-0.2, -0.15) is 0 Å². The van der Waals surface area contributed by atoms with Crippen LogP contribution in [-0.4, -0.2) is 28.6 Å². The largest absolute Gasteiger partial charge is 0.504 e. The number of nitrogens with one attached hydrogen (secondary N) is 2. The molecule has 0 saturated carbocycles. The molecule has 0 aliphatic carbocycles. The number of imide groups is 1. The molecule has 0 atom stereocenters. The second-order valence-electron chi connectivity index (χ2n) is 3.88. The summed E-state index contributed by atoms with van der Waals surface area (Å²) in [4.78, 5) is 22.1. The average molecular weight is 248 g/mol. The zero-order chi connectivity index (χ0) is 13.1. The van der Waals surface area contributed by atoms with Gasteiger partial charge in [0.2, 0.25) is 0 Å². The summed E-state index contributed by atoms with van der Waals surface area (Å²) in [6.07, 6.45) is 1.75. The van der Waals surface area contributed by atoms with Gasteiger partial charge >= 0.3 is 0 Å². The first kappa shape index (κ1) is 12.0. The Hall–Kier alpha value is -2.50. The Labute approximate surface area is 103 Å². The van der Waals surface area contributed by atoms with E-state index < -0.39 is 11.8 Å². The number of hydrogen-bond donors (Lipinski definition) is 4.